The first-order chi connectivity index (χ1) is 15.5. The SMILES string of the molecule is CC(NNC(=S)NC(=O)c1ccc(O[C@H](C)CCc2ccccc2)nc1)c1ccncc1. The van der Waals surface area contributed by atoms with Gasteiger partial charge in [0.25, 0.3) is 5.91 Å². The molecule has 0 aliphatic heterocycles. The Morgan fingerprint density at radius 2 is 1.81 bits per heavy atom. The maximum Gasteiger partial charge on any atom is 0.259 e. The third-order valence-electron chi connectivity index (χ3n) is 4.84. The fraction of sp³-hybridized carbons (Fsp3) is 0.250. The lowest BCUT2D eigenvalue weighted by molar-refractivity contribution is 0.0975. The van der Waals surface area contributed by atoms with Crippen molar-refractivity contribution in [1.29, 1.82) is 0 Å². The molecule has 1 amide bonds. The molecule has 0 radical (unpaired) electrons. The van der Waals surface area contributed by atoms with Crippen molar-refractivity contribution in [3.8, 4) is 5.88 Å². The van der Waals surface area contributed by atoms with Gasteiger partial charge in [-0.05, 0) is 68.2 Å². The van der Waals surface area contributed by atoms with Gasteiger partial charge in [0, 0.05) is 30.7 Å². The van der Waals surface area contributed by atoms with Gasteiger partial charge < -0.3 is 4.74 Å². The van der Waals surface area contributed by atoms with E-state index in [1.807, 2.05) is 44.2 Å². The first-order valence-corrected chi connectivity index (χ1v) is 10.9. The molecule has 3 aromatic rings. The fourth-order valence-electron chi connectivity index (χ4n) is 2.98. The van der Waals surface area contributed by atoms with Crippen LogP contribution in [0, 0.1) is 0 Å². The van der Waals surface area contributed by atoms with E-state index in [1.165, 1.54) is 11.8 Å². The van der Waals surface area contributed by atoms with E-state index < -0.39 is 0 Å². The van der Waals surface area contributed by atoms with Crippen LogP contribution in [0.15, 0.2) is 73.2 Å². The summed E-state index contributed by atoms with van der Waals surface area (Å²) in [5.41, 5.74) is 8.58. The number of thiocarbonyl (C=S) groups is 1. The lowest BCUT2D eigenvalue weighted by Gasteiger charge is -2.17. The van der Waals surface area contributed by atoms with Crippen LogP contribution in [0.4, 0.5) is 0 Å². The number of hydrazine groups is 1. The molecule has 0 saturated carbocycles. The third-order valence-corrected chi connectivity index (χ3v) is 5.04. The molecule has 32 heavy (non-hydrogen) atoms. The Bertz CT molecular complexity index is 1000. The summed E-state index contributed by atoms with van der Waals surface area (Å²) in [4.78, 5) is 20.6. The molecule has 0 bridgehead atoms. The van der Waals surface area contributed by atoms with Crippen molar-refractivity contribution in [2.75, 3.05) is 0 Å². The summed E-state index contributed by atoms with van der Waals surface area (Å²) in [5, 5.41) is 2.80. The van der Waals surface area contributed by atoms with Gasteiger partial charge in [-0.25, -0.2) is 10.4 Å². The molecule has 0 saturated heterocycles. The van der Waals surface area contributed by atoms with Gasteiger partial charge in [0.05, 0.1) is 11.7 Å². The highest BCUT2D eigenvalue weighted by molar-refractivity contribution is 7.80. The maximum absolute atomic E-state index is 12.4. The summed E-state index contributed by atoms with van der Waals surface area (Å²) in [6.45, 7) is 3.98. The molecule has 2 aromatic heterocycles. The number of carbonyl (C=O) groups is 1. The third kappa shape index (κ3) is 7.40. The molecule has 1 aromatic carbocycles. The second-order valence-corrected chi connectivity index (χ2v) is 7.80. The van der Waals surface area contributed by atoms with E-state index in [9.17, 15) is 4.79 Å². The molecule has 8 heteroatoms. The van der Waals surface area contributed by atoms with Gasteiger partial charge in [0.1, 0.15) is 0 Å². The maximum atomic E-state index is 12.4. The summed E-state index contributed by atoms with van der Waals surface area (Å²) in [7, 11) is 0. The summed E-state index contributed by atoms with van der Waals surface area (Å²) in [5.74, 6) is 0.132. The minimum Gasteiger partial charge on any atom is -0.475 e. The van der Waals surface area contributed by atoms with Crippen molar-refractivity contribution in [2.45, 2.75) is 38.8 Å². The highest BCUT2D eigenvalue weighted by Crippen LogP contribution is 2.13. The standard InChI is InChI=1S/C24H27N5O2S/c1-17(8-9-19-6-4-3-5-7-19)31-22-11-10-21(16-26-22)23(30)27-24(32)29-28-18(2)20-12-14-25-15-13-20/h3-7,10-18,28H,8-9H2,1-2H3,(H2,27,29,30,32)/t17-,18?/m1/s1. The Hall–Kier alpha value is -3.36. The Morgan fingerprint density at radius 1 is 1.06 bits per heavy atom. The molecule has 7 nitrogen and oxygen atoms in total. The van der Waals surface area contributed by atoms with Gasteiger partial charge in [0.15, 0.2) is 5.11 Å². The first kappa shape index (κ1) is 23.3. The molecule has 0 aliphatic carbocycles. The average Bonchev–Trinajstić information content (AvgIpc) is 2.83. The number of hydrogen-bond donors (Lipinski definition) is 3. The molecule has 3 rings (SSSR count). The zero-order chi connectivity index (χ0) is 22.8. The smallest absolute Gasteiger partial charge is 0.259 e. The molecular formula is C24H27N5O2S. The lowest BCUT2D eigenvalue weighted by atomic mass is 10.1. The summed E-state index contributed by atoms with van der Waals surface area (Å²) >= 11 is 5.19. The molecule has 2 atom stereocenters. The van der Waals surface area contributed by atoms with Crippen molar-refractivity contribution in [2.24, 2.45) is 0 Å². The van der Waals surface area contributed by atoms with E-state index in [-0.39, 0.29) is 23.2 Å². The minimum atomic E-state index is -0.350. The highest BCUT2D eigenvalue weighted by Gasteiger charge is 2.11. The van der Waals surface area contributed by atoms with Crippen molar-refractivity contribution < 1.29 is 9.53 Å². The number of benzene rings is 1. The molecule has 1 unspecified atom stereocenters. The average molecular weight is 450 g/mol. The molecule has 3 N–H and O–H groups in total. The number of nitrogens with one attached hydrogen (secondary N) is 3. The molecule has 0 fully saturated rings. The molecule has 0 spiro atoms. The number of rotatable bonds is 9. The zero-order valence-electron chi connectivity index (χ0n) is 18.1. The van der Waals surface area contributed by atoms with Crippen LogP contribution >= 0.6 is 12.2 Å². The zero-order valence-corrected chi connectivity index (χ0v) is 18.9. The van der Waals surface area contributed by atoms with E-state index in [0.29, 0.717) is 11.4 Å². The van der Waals surface area contributed by atoms with Crippen molar-refractivity contribution >= 4 is 23.2 Å². The van der Waals surface area contributed by atoms with Gasteiger partial charge in [0.2, 0.25) is 5.88 Å². The van der Waals surface area contributed by atoms with Crippen LogP contribution in [-0.4, -0.2) is 27.1 Å². The number of hydrogen-bond acceptors (Lipinski definition) is 6. The topological polar surface area (TPSA) is 88.2 Å². The van der Waals surface area contributed by atoms with Gasteiger partial charge in [-0.2, -0.15) is 0 Å². The predicted molar refractivity (Wildman–Crippen MR) is 128 cm³/mol. The summed E-state index contributed by atoms with van der Waals surface area (Å²) in [6, 6.07) is 17.4. The van der Waals surface area contributed by atoms with Crippen molar-refractivity contribution in [3.63, 3.8) is 0 Å². The Morgan fingerprint density at radius 3 is 2.50 bits per heavy atom. The Kier molecular flexibility index (Phi) is 8.65. The first-order valence-electron chi connectivity index (χ1n) is 10.4. The van der Waals surface area contributed by atoms with Gasteiger partial charge >= 0.3 is 0 Å². The Balaban J connectivity index is 1.42. The monoisotopic (exact) mass is 449 g/mol. The summed E-state index contributed by atoms with van der Waals surface area (Å²) in [6.07, 6.45) is 6.73. The summed E-state index contributed by atoms with van der Waals surface area (Å²) < 4.78 is 5.86. The number of ether oxygens (including phenoxy) is 1. The van der Waals surface area contributed by atoms with Gasteiger partial charge in [-0.15, -0.1) is 0 Å². The second-order valence-electron chi connectivity index (χ2n) is 7.39. The van der Waals surface area contributed by atoms with Gasteiger partial charge in [-0.1, -0.05) is 30.3 Å². The minimum absolute atomic E-state index is 0.00706. The van der Waals surface area contributed by atoms with Crippen LogP contribution in [0.3, 0.4) is 0 Å². The molecule has 0 aliphatic rings. The second kappa shape index (κ2) is 11.9. The molecular weight excluding hydrogens is 422 g/mol. The van der Waals surface area contributed by atoms with Crippen LogP contribution in [0.5, 0.6) is 5.88 Å². The molecule has 166 valence electrons. The Labute approximate surface area is 193 Å². The van der Waals surface area contributed by atoms with E-state index in [4.69, 9.17) is 17.0 Å². The van der Waals surface area contributed by atoms with Gasteiger partial charge in [-0.3, -0.25) is 20.5 Å². The van der Waals surface area contributed by atoms with Crippen molar-refractivity contribution in [3.05, 3.63) is 89.9 Å². The van der Waals surface area contributed by atoms with E-state index in [0.717, 1.165) is 18.4 Å². The van der Waals surface area contributed by atoms with Crippen molar-refractivity contribution in [1.82, 2.24) is 26.1 Å². The number of nitrogens with zero attached hydrogens (tertiary/aromatic N) is 2. The van der Waals surface area contributed by atoms with E-state index in [1.54, 1.807) is 24.5 Å². The largest absolute Gasteiger partial charge is 0.475 e. The van der Waals surface area contributed by atoms with E-state index >= 15 is 0 Å². The number of amides is 1. The fourth-order valence-corrected chi connectivity index (χ4v) is 3.13. The number of carbonyl (C=O) groups excluding carboxylic acids is 1. The predicted octanol–water partition coefficient (Wildman–Crippen LogP) is 3.75. The quantitative estimate of drug-likeness (QED) is 0.339. The van der Waals surface area contributed by atoms with Crippen LogP contribution < -0.4 is 20.9 Å². The van der Waals surface area contributed by atoms with Crippen LogP contribution in [0.1, 0.15) is 47.8 Å². The van der Waals surface area contributed by atoms with Crippen LogP contribution in [0.25, 0.3) is 0 Å². The normalized spacial score (nSPS) is 12.4. The van der Waals surface area contributed by atoms with Crippen LogP contribution in [-0.2, 0) is 6.42 Å². The highest BCUT2D eigenvalue weighted by atomic mass is 32.1. The number of aromatic nitrogens is 2. The van der Waals surface area contributed by atoms with E-state index in [2.05, 4.69) is 38.3 Å². The lowest BCUT2D eigenvalue weighted by Crippen LogP contribution is -2.47. The number of pyridine rings is 2. The molecule has 2 heterocycles. The number of aryl methyl sites for hydroxylation is 1. The van der Waals surface area contributed by atoms with Crippen LogP contribution in [0.2, 0.25) is 0 Å².